The van der Waals surface area contributed by atoms with Crippen LogP contribution < -0.4 is 5.32 Å². The molecule has 0 radical (unpaired) electrons. The van der Waals surface area contributed by atoms with Crippen LogP contribution in [0.1, 0.15) is 22.6 Å². The molecule has 0 saturated carbocycles. The largest absolute Gasteiger partial charge is 0.346 e. The van der Waals surface area contributed by atoms with E-state index < -0.39 is 11.6 Å². The van der Waals surface area contributed by atoms with Gasteiger partial charge < -0.3 is 10.2 Å². The van der Waals surface area contributed by atoms with E-state index in [4.69, 9.17) is 0 Å². The number of halogens is 2. The molecule has 126 valence electrons. The molecule has 1 N–H and O–H groups in total. The highest BCUT2D eigenvalue weighted by molar-refractivity contribution is 7.16. The number of amides is 1. The lowest BCUT2D eigenvalue weighted by atomic mass is 9.84. The van der Waals surface area contributed by atoms with Crippen molar-refractivity contribution in [2.75, 3.05) is 19.6 Å². The van der Waals surface area contributed by atoms with E-state index in [1.165, 1.54) is 18.3 Å². The molecule has 1 aromatic heterocycles. The third-order valence-electron chi connectivity index (χ3n) is 4.82. The predicted octanol–water partition coefficient (Wildman–Crippen LogP) is 2.91. The first-order valence-electron chi connectivity index (χ1n) is 8.04. The first-order valence-corrected chi connectivity index (χ1v) is 8.85. The number of piperidine rings is 3. The molecular formula is C17H17F2N3OS. The van der Waals surface area contributed by atoms with Gasteiger partial charge >= 0.3 is 0 Å². The fourth-order valence-corrected chi connectivity index (χ4v) is 4.37. The molecule has 3 saturated heterocycles. The van der Waals surface area contributed by atoms with Crippen molar-refractivity contribution in [1.29, 1.82) is 0 Å². The summed E-state index contributed by atoms with van der Waals surface area (Å²) in [6.45, 7) is 3.12. The van der Waals surface area contributed by atoms with Crippen molar-refractivity contribution in [2.45, 2.75) is 18.9 Å². The zero-order valence-electron chi connectivity index (χ0n) is 13.0. The SMILES string of the molecule is O=C(NC1CN2CCC1CC2)c1ncc(-c2cc(F)cc(F)c2)s1. The summed E-state index contributed by atoms with van der Waals surface area (Å²) in [5.74, 6) is -0.953. The molecule has 2 aromatic rings. The number of hydrogen-bond acceptors (Lipinski definition) is 4. The number of nitrogens with one attached hydrogen (secondary N) is 1. The standard InChI is InChI=1S/C17H17F2N3OS/c18-12-5-11(6-13(19)7-12)15-8-20-17(24-15)16(23)21-14-9-22-3-1-10(14)2-4-22/h5-8,10,14H,1-4,9H2,(H,21,23). The molecule has 3 fully saturated rings. The van der Waals surface area contributed by atoms with Crippen LogP contribution in [0.4, 0.5) is 8.78 Å². The Morgan fingerprint density at radius 3 is 2.54 bits per heavy atom. The number of carbonyl (C=O) groups excluding carboxylic acids is 1. The van der Waals surface area contributed by atoms with Gasteiger partial charge in [-0.05, 0) is 49.5 Å². The minimum atomic E-state index is -0.642. The monoisotopic (exact) mass is 349 g/mol. The summed E-state index contributed by atoms with van der Waals surface area (Å²) in [7, 11) is 0. The van der Waals surface area contributed by atoms with Gasteiger partial charge in [0.1, 0.15) is 11.6 Å². The van der Waals surface area contributed by atoms with Crippen molar-refractivity contribution >= 4 is 17.2 Å². The van der Waals surface area contributed by atoms with Crippen LogP contribution >= 0.6 is 11.3 Å². The van der Waals surface area contributed by atoms with E-state index in [1.807, 2.05) is 0 Å². The smallest absolute Gasteiger partial charge is 0.280 e. The van der Waals surface area contributed by atoms with Gasteiger partial charge in [0.2, 0.25) is 0 Å². The van der Waals surface area contributed by atoms with Gasteiger partial charge in [0.25, 0.3) is 5.91 Å². The Morgan fingerprint density at radius 1 is 1.21 bits per heavy atom. The maximum atomic E-state index is 13.3. The van der Waals surface area contributed by atoms with E-state index in [1.54, 1.807) is 0 Å². The molecule has 4 heterocycles. The molecule has 1 unspecified atom stereocenters. The van der Waals surface area contributed by atoms with E-state index in [2.05, 4.69) is 15.2 Å². The van der Waals surface area contributed by atoms with Crippen molar-refractivity contribution in [2.24, 2.45) is 5.92 Å². The molecule has 3 aliphatic heterocycles. The lowest BCUT2D eigenvalue weighted by Crippen LogP contribution is -2.57. The Kier molecular flexibility index (Phi) is 4.05. The third kappa shape index (κ3) is 3.06. The third-order valence-corrected chi connectivity index (χ3v) is 5.86. The molecule has 0 spiro atoms. The number of nitrogens with zero attached hydrogens (tertiary/aromatic N) is 2. The quantitative estimate of drug-likeness (QED) is 0.927. The second kappa shape index (κ2) is 6.22. The van der Waals surface area contributed by atoms with Gasteiger partial charge in [0.05, 0.1) is 4.88 Å². The van der Waals surface area contributed by atoms with Gasteiger partial charge in [-0.25, -0.2) is 13.8 Å². The summed E-state index contributed by atoms with van der Waals surface area (Å²) in [6.07, 6.45) is 3.73. The van der Waals surface area contributed by atoms with Gasteiger partial charge in [-0.15, -0.1) is 11.3 Å². The van der Waals surface area contributed by atoms with E-state index in [0.29, 0.717) is 21.4 Å². The molecule has 7 heteroatoms. The van der Waals surface area contributed by atoms with E-state index in [9.17, 15) is 13.6 Å². The van der Waals surface area contributed by atoms with Crippen LogP contribution in [-0.4, -0.2) is 41.5 Å². The maximum Gasteiger partial charge on any atom is 0.280 e. The van der Waals surface area contributed by atoms with Crippen LogP contribution in [0.2, 0.25) is 0 Å². The van der Waals surface area contributed by atoms with E-state index in [-0.39, 0.29) is 11.9 Å². The average Bonchev–Trinajstić information content (AvgIpc) is 3.05. The molecule has 1 atom stereocenters. The Labute approximate surface area is 142 Å². The summed E-state index contributed by atoms with van der Waals surface area (Å²) in [5, 5.41) is 3.40. The second-order valence-corrected chi connectivity index (χ2v) is 7.44. The molecule has 1 amide bonds. The topological polar surface area (TPSA) is 45.2 Å². The maximum absolute atomic E-state index is 13.3. The Morgan fingerprint density at radius 2 is 1.92 bits per heavy atom. The highest BCUT2D eigenvalue weighted by atomic mass is 32.1. The molecule has 3 aliphatic rings. The van der Waals surface area contributed by atoms with E-state index >= 15 is 0 Å². The number of rotatable bonds is 3. The van der Waals surface area contributed by atoms with Crippen LogP contribution in [0.5, 0.6) is 0 Å². The van der Waals surface area contributed by atoms with Gasteiger partial charge in [-0.3, -0.25) is 4.79 Å². The van der Waals surface area contributed by atoms with Gasteiger partial charge in [-0.1, -0.05) is 0 Å². The Hall–Kier alpha value is -1.86. The number of aromatic nitrogens is 1. The molecule has 24 heavy (non-hydrogen) atoms. The minimum Gasteiger partial charge on any atom is -0.346 e. The van der Waals surface area contributed by atoms with Gasteiger partial charge in [0, 0.05) is 24.8 Å². The Bertz CT molecular complexity index is 751. The predicted molar refractivity (Wildman–Crippen MR) is 87.9 cm³/mol. The van der Waals surface area contributed by atoms with Crippen LogP contribution in [0.3, 0.4) is 0 Å². The Balaban J connectivity index is 1.49. The van der Waals surface area contributed by atoms with Gasteiger partial charge in [0.15, 0.2) is 5.01 Å². The molecule has 0 aliphatic carbocycles. The van der Waals surface area contributed by atoms with Crippen LogP contribution in [-0.2, 0) is 0 Å². The normalized spacial score (nSPS) is 25.7. The summed E-state index contributed by atoms with van der Waals surface area (Å²) in [6, 6.07) is 3.47. The number of hydrogen-bond donors (Lipinski definition) is 1. The lowest BCUT2D eigenvalue weighted by molar-refractivity contribution is 0.0620. The van der Waals surface area contributed by atoms with Crippen molar-refractivity contribution in [1.82, 2.24) is 15.2 Å². The molecule has 4 nitrogen and oxygen atoms in total. The second-order valence-electron chi connectivity index (χ2n) is 6.41. The highest BCUT2D eigenvalue weighted by Gasteiger charge is 2.35. The first-order chi connectivity index (χ1) is 11.6. The minimum absolute atomic E-state index is 0.166. The average molecular weight is 349 g/mol. The summed E-state index contributed by atoms with van der Waals surface area (Å²) in [4.78, 5) is 19.5. The highest BCUT2D eigenvalue weighted by Crippen LogP contribution is 2.29. The van der Waals surface area contributed by atoms with Crippen LogP contribution in [0, 0.1) is 17.6 Å². The number of thiazole rings is 1. The fraction of sp³-hybridized carbons (Fsp3) is 0.412. The van der Waals surface area contributed by atoms with Crippen molar-refractivity contribution in [3.63, 3.8) is 0 Å². The molecule has 1 aromatic carbocycles. The zero-order chi connectivity index (χ0) is 16.7. The number of benzene rings is 1. The summed E-state index contributed by atoms with van der Waals surface area (Å²) in [5.41, 5.74) is 0.395. The molecular weight excluding hydrogens is 332 g/mol. The number of fused-ring (bicyclic) bond motifs is 3. The van der Waals surface area contributed by atoms with E-state index in [0.717, 1.165) is 49.9 Å². The summed E-state index contributed by atoms with van der Waals surface area (Å²) >= 11 is 1.15. The van der Waals surface area contributed by atoms with Gasteiger partial charge in [-0.2, -0.15) is 0 Å². The van der Waals surface area contributed by atoms with Crippen LogP contribution in [0.25, 0.3) is 10.4 Å². The fourth-order valence-electron chi connectivity index (χ4n) is 3.57. The lowest BCUT2D eigenvalue weighted by Gasteiger charge is -2.44. The zero-order valence-corrected chi connectivity index (χ0v) is 13.8. The van der Waals surface area contributed by atoms with Crippen molar-refractivity contribution in [3.05, 3.63) is 41.0 Å². The van der Waals surface area contributed by atoms with Crippen LogP contribution in [0.15, 0.2) is 24.4 Å². The summed E-state index contributed by atoms with van der Waals surface area (Å²) < 4.78 is 26.7. The molecule has 2 bridgehead atoms. The first kappa shape index (κ1) is 15.7. The van der Waals surface area contributed by atoms with Crippen molar-refractivity contribution < 1.29 is 13.6 Å². The molecule has 5 rings (SSSR count). The number of carbonyl (C=O) groups is 1. The van der Waals surface area contributed by atoms with Crippen molar-refractivity contribution in [3.8, 4) is 10.4 Å².